The van der Waals surface area contributed by atoms with Crippen molar-refractivity contribution in [2.24, 2.45) is 0 Å². The van der Waals surface area contributed by atoms with Gasteiger partial charge in [-0.05, 0) is 36.4 Å². The molecule has 2 aromatic carbocycles. The number of allylic oxidation sites excluding steroid dienone is 1. The van der Waals surface area contributed by atoms with Gasteiger partial charge in [0.15, 0.2) is 5.16 Å². The van der Waals surface area contributed by atoms with Crippen molar-refractivity contribution in [2.75, 3.05) is 12.9 Å². The van der Waals surface area contributed by atoms with Gasteiger partial charge in [-0.3, -0.25) is 14.9 Å². The number of amides is 2. The summed E-state index contributed by atoms with van der Waals surface area (Å²) >= 11 is 1.28. The Balaban J connectivity index is 1.65. The Hall–Kier alpha value is -3.06. The molecule has 0 bridgehead atoms. The minimum atomic E-state index is -0.442. The van der Waals surface area contributed by atoms with Crippen molar-refractivity contribution in [1.82, 2.24) is 14.9 Å². The zero-order valence-electron chi connectivity index (χ0n) is 14.8. The van der Waals surface area contributed by atoms with Crippen LogP contribution in [-0.4, -0.2) is 34.2 Å². The molecule has 138 valence electrons. The normalized spacial score (nSPS) is 10.6. The second kappa shape index (κ2) is 8.55. The van der Waals surface area contributed by atoms with E-state index < -0.39 is 5.91 Å². The fraction of sp³-hybridized carbons (Fsp3) is 0.150. The maximum absolute atomic E-state index is 12.2. The van der Waals surface area contributed by atoms with Crippen molar-refractivity contribution in [2.45, 2.75) is 11.7 Å². The number of benzene rings is 2. The summed E-state index contributed by atoms with van der Waals surface area (Å²) in [7, 11) is 1.55. The maximum Gasteiger partial charge on any atom is 0.257 e. The molecule has 3 rings (SSSR count). The lowest BCUT2D eigenvalue weighted by atomic mass is 10.2. The number of hydrogen-bond donors (Lipinski definition) is 1. The zero-order valence-corrected chi connectivity index (χ0v) is 15.7. The Labute approximate surface area is 161 Å². The number of fused-ring (bicyclic) bond motifs is 1. The summed E-state index contributed by atoms with van der Waals surface area (Å²) in [5, 5.41) is 3.10. The fourth-order valence-corrected chi connectivity index (χ4v) is 3.40. The molecule has 0 spiro atoms. The van der Waals surface area contributed by atoms with Crippen LogP contribution in [-0.2, 0) is 11.3 Å². The average molecular weight is 381 g/mol. The number of hydrogen-bond acceptors (Lipinski definition) is 5. The number of imidazole rings is 1. The molecular formula is C20H19N3O3S. The number of nitrogens with one attached hydrogen (secondary N) is 1. The number of imide groups is 1. The van der Waals surface area contributed by atoms with Gasteiger partial charge in [0.2, 0.25) is 5.91 Å². The highest BCUT2D eigenvalue weighted by molar-refractivity contribution is 7.99. The number of thioether (sulfide) groups is 1. The van der Waals surface area contributed by atoms with Crippen LogP contribution in [0.3, 0.4) is 0 Å². The molecule has 2 amide bonds. The monoisotopic (exact) mass is 381 g/mol. The van der Waals surface area contributed by atoms with Crippen LogP contribution in [0.5, 0.6) is 5.75 Å². The zero-order chi connectivity index (χ0) is 19.2. The van der Waals surface area contributed by atoms with E-state index in [9.17, 15) is 9.59 Å². The van der Waals surface area contributed by atoms with Crippen LogP contribution >= 0.6 is 11.8 Å². The molecule has 0 aliphatic carbocycles. The maximum atomic E-state index is 12.2. The quantitative estimate of drug-likeness (QED) is 0.502. The molecule has 1 heterocycles. The van der Waals surface area contributed by atoms with Crippen LogP contribution in [0.25, 0.3) is 11.0 Å². The molecule has 3 aromatic rings. The minimum Gasteiger partial charge on any atom is -0.497 e. The van der Waals surface area contributed by atoms with Gasteiger partial charge in [0.05, 0.1) is 23.9 Å². The van der Waals surface area contributed by atoms with Gasteiger partial charge in [0, 0.05) is 12.1 Å². The largest absolute Gasteiger partial charge is 0.497 e. The molecule has 1 N–H and O–H groups in total. The Kier molecular flexibility index (Phi) is 5.93. The molecule has 0 saturated heterocycles. The van der Waals surface area contributed by atoms with Crippen LogP contribution in [0.1, 0.15) is 10.4 Å². The van der Waals surface area contributed by atoms with Gasteiger partial charge < -0.3 is 9.30 Å². The second-order valence-corrected chi connectivity index (χ2v) is 6.62. The van der Waals surface area contributed by atoms with E-state index in [1.165, 1.54) is 11.8 Å². The summed E-state index contributed by atoms with van der Waals surface area (Å²) in [4.78, 5) is 28.9. The Morgan fingerprint density at radius 1 is 1.22 bits per heavy atom. The molecule has 0 atom stereocenters. The average Bonchev–Trinajstić information content (AvgIpc) is 3.04. The van der Waals surface area contributed by atoms with Crippen LogP contribution in [0.15, 0.2) is 66.3 Å². The van der Waals surface area contributed by atoms with E-state index in [1.54, 1.807) is 37.5 Å². The summed E-state index contributed by atoms with van der Waals surface area (Å²) in [6.07, 6.45) is 1.78. The van der Waals surface area contributed by atoms with Gasteiger partial charge in [-0.1, -0.05) is 30.0 Å². The number of nitrogens with zero attached hydrogens (tertiary/aromatic N) is 2. The SMILES string of the molecule is C=CCn1c(SCC(=O)NC(=O)c2ccc(OC)cc2)nc2ccccc21. The third-order valence-electron chi connectivity index (χ3n) is 3.87. The number of carbonyl (C=O) groups excluding carboxylic acids is 2. The van der Waals surface area contributed by atoms with Crippen LogP contribution in [0, 0.1) is 0 Å². The first-order valence-corrected chi connectivity index (χ1v) is 9.28. The standard InChI is InChI=1S/C20H19N3O3S/c1-3-12-23-17-7-5-4-6-16(17)21-20(23)27-13-18(24)22-19(25)14-8-10-15(26-2)11-9-14/h3-11H,1,12-13H2,2H3,(H,22,24,25). The molecule has 1 aromatic heterocycles. The Morgan fingerprint density at radius 3 is 2.67 bits per heavy atom. The highest BCUT2D eigenvalue weighted by Crippen LogP contribution is 2.24. The Bertz CT molecular complexity index is 980. The summed E-state index contributed by atoms with van der Waals surface area (Å²) in [5.74, 6) is -0.0852. The van der Waals surface area contributed by atoms with Crippen molar-refractivity contribution in [1.29, 1.82) is 0 Å². The van der Waals surface area contributed by atoms with E-state index in [-0.39, 0.29) is 11.7 Å². The smallest absolute Gasteiger partial charge is 0.257 e. The summed E-state index contributed by atoms with van der Waals surface area (Å²) in [5.41, 5.74) is 2.24. The van der Waals surface area contributed by atoms with Crippen LogP contribution in [0.4, 0.5) is 0 Å². The molecule has 7 heteroatoms. The van der Waals surface area contributed by atoms with Gasteiger partial charge in [-0.25, -0.2) is 4.98 Å². The summed E-state index contributed by atoms with van der Waals surface area (Å²) in [6, 6.07) is 14.3. The van der Waals surface area contributed by atoms with Crippen molar-refractivity contribution in [3.8, 4) is 5.75 Å². The molecule has 0 radical (unpaired) electrons. The third-order valence-corrected chi connectivity index (χ3v) is 4.85. The Morgan fingerprint density at radius 2 is 1.96 bits per heavy atom. The van der Waals surface area contributed by atoms with Gasteiger partial charge in [0.1, 0.15) is 5.75 Å². The predicted molar refractivity (Wildman–Crippen MR) is 106 cm³/mol. The van der Waals surface area contributed by atoms with Crippen molar-refractivity contribution in [3.63, 3.8) is 0 Å². The van der Waals surface area contributed by atoms with Crippen molar-refractivity contribution < 1.29 is 14.3 Å². The number of ether oxygens (including phenoxy) is 1. The lowest BCUT2D eigenvalue weighted by molar-refractivity contribution is -0.117. The van der Waals surface area contributed by atoms with E-state index >= 15 is 0 Å². The number of para-hydroxylation sites is 2. The summed E-state index contributed by atoms with van der Waals surface area (Å²) in [6.45, 7) is 4.37. The molecule has 0 unspecified atom stereocenters. The number of carbonyl (C=O) groups is 2. The van der Waals surface area contributed by atoms with Gasteiger partial charge in [0.25, 0.3) is 5.91 Å². The van der Waals surface area contributed by atoms with E-state index in [0.29, 0.717) is 23.0 Å². The van der Waals surface area contributed by atoms with Crippen LogP contribution in [0.2, 0.25) is 0 Å². The van der Waals surface area contributed by atoms with E-state index in [1.807, 2.05) is 28.8 Å². The van der Waals surface area contributed by atoms with E-state index in [2.05, 4.69) is 16.9 Å². The molecule has 0 saturated carbocycles. The predicted octanol–water partition coefficient (Wildman–Crippen LogP) is 3.28. The second-order valence-electron chi connectivity index (χ2n) is 5.68. The number of aromatic nitrogens is 2. The van der Waals surface area contributed by atoms with Gasteiger partial charge in [-0.15, -0.1) is 6.58 Å². The first-order chi connectivity index (χ1) is 13.1. The molecule has 27 heavy (non-hydrogen) atoms. The summed E-state index contributed by atoms with van der Waals surface area (Å²) < 4.78 is 7.05. The fourth-order valence-electron chi connectivity index (χ4n) is 2.58. The van der Waals surface area contributed by atoms with Gasteiger partial charge in [-0.2, -0.15) is 0 Å². The third kappa shape index (κ3) is 4.38. The molecular weight excluding hydrogens is 362 g/mol. The number of rotatable bonds is 7. The lowest BCUT2D eigenvalue weighted by Gasteiger charge is -2.07. The highest BCUT2D eigenvalue weighted by atomic mass is 32.2. The molecule has 0 aliphatic heterocycles. The van der Waals surface area contributed by atoms with Crippen molar-refractivity contribution in [3.05, 3.63) is 66.7 Å². The molecule has 6 nitrogen and oxygen atoms in total. The minimum absolute atomic E-state index is 0.0857. The molecule has 0 fully saturated rings. The van der Waals surface area contributed by atoms with Crippen LogP contribution < -0.4 is 10.1 Å². The topological polar surface area (TPSA) is 73.2 Å². The first-order valence-electron chi connectivity index (χ1n) is 8.29. The van der Waals surface area contributed by atoms with Gasteiger partial charge >= 0.3 is 0 Å². The molecule has 0 aliphatic rings. The number of methoxy groups -OCH3 is 1. The van der Waals surface area contributed by atoms with E-state index in [4.69, 9.17) is 4.74 Å². The first kappa shape index (κ1) is 18.7. The van der Waals surface area contributed by atoms with Crippen molar-refractivity contribution >= 4 is 34.6 Å². The highest BCUT2D eigenvalue weighted by Gasteiger charge is 2.14. The lowest BCUT2D eigenvalue weighted by Crippen LogP contribution is -2.31. The van der Waals surface area contributed by atoms with E-state index in [0.717, 1.165) is 11.0 Å².